The van der Waals surface area contributed by atoms with Gasteiger partial charge < -0.3 is 4.90 Å². The fraction of sp³-hybridized carbons (Fsp3) is 0.261. The van der Waals surface area contributed by atoms with Crippen molar-refractivity contribution < 1.29 is 0 Å². The number of aromatic nitrogens is 4. The van der Waals surface area contributed by atoms with Gasteiger partial charge in [0.25, 0.3) is 0 Å². The van der Waals surface area contributed by atoms with Gasteiger partial charge in [-0.05, 0) is 28.6 Å². The largest absolute Gasteiger partial charge is 0.338 e. The van der Waals surface area contributed by atoms with Crippen molar-refractivity contribution in [1.29, 1.82) is 0 Å². The molecule has 0 radical (unpaired) electrons. The van der Waals surface area contributed by atoms with Gasteiger partial charge in [-0.15, -0.1) is 0 Å². The Balaban J connectivity index is 1.15. The Kier molecular flexibility index (Phi) is 4.35. The fourth-order valence-electron chi connectivity index (χ4n) is 4.54. The first-order valence-electron chi connectivity index (χ1n) is 10.3. The molecule has 4 aromatic rings. The monoisotopic (exact) mass is 414 g/mol. The normalized spacial score (nSPS) is 15.9. The summed E-state index contributed by atoms with van der Waals surface area (Å²) in [5, 5.41) is 12.1. The van der Waals surface area contributed by atoms with E-state index in [-0.39, 0.29) is 0 Å². The minimum absolute atomic E-state index is 0.839. The highest BCUT2D eigenvalue weighted by Crippen LogP contribution is 2.40. The minimum Gasteiger partial charge on any atom is -0.338 e. The molecule has 150 valence electrons. The van der Waals surface area contributed by atoms with E-state index in [4.69, 9.17) is 0 Å². The molecule has 1 aromatic carbocycles. The Bertz CT molecular complexity index is 1160. The van der Waals surface area contributed by atoms with Gasteiger partial charge in [0, 0.05) is 73.6 Å². The molecule has 6 nitrogen and oxygen atoms in total. The van der Waals surface area contributed by atoms with E-state index in [1.165, 1.54) is 33.5 Å². The maximum absolute atomic E-state index is 4.59. The maximum Gasteiger partial charge on any atom is 0.225 e. The number of hydrogen-bond donors (Lipinski definition) is 1. The molecule has 7 heteroatoms. The molecule has 0 atom stereocenters. The van der Waals surface area contributed by atoms with Gasteiger partial charge in [-0.25, -0.2) is 9.97 Å². The van der Waals surface area contributed by atoms with Gasteiger partial charge in [0.05, 0.1) is 11.4 Å². The van der Waals surface area contributed by atoms with Crippen molar-refractivity contribution in [2.75, 3.05) is 31.1 Å². The van der Waals surface area contributed by atoms with Crippen LogP contribution in [0.15, 0.2) is 53.5 Å². The van der Waals surface area contributed by atoms with Crippen molar-refractivity contribution in [2.45, 2.75) is 13.0 Å². The second-order valence-corrected chi connectivity index (χ2v) is 8.70. The third-order valence-corrected chi connectivity index (χ3v) is 6.76. The van der Waals surface area contributed by atoms with Gasteiger partial charge in [0.1, 0.15) is 0 Å². The Morgan fingerprint density at radius 1 is 1.03 bits per heavy atom. The van der Waals surface area contributed by atoms with Crippen LogP contribution in [0.5, 0.6) is 0 Å². The van der Waals surface area contributed by atoms with Crippen molar-refractivity contribution in [1.82, 2.24) is 25.1 Å². The zero-order valence-corrected chi connectivity index (χ0v) is 17.4. The van der Waals surface area contributed by atoms with E-state index < -0.39 is 0 Å². The summed E-state index contributed by atoms with van der Waals surface area (Å²) in [7, 11) is 0. The summed E-state index contributed by atoms with van der Waals surface area (Å²) in [4.78, 5) is 13.5. The van der Waals surface area contributed by atoms with Crippen LogP contribution in [0.2, 0.25) is 0 Å². The molecule has 2 aliphatic rings. The van der Waals surface area contributed by atoms with Crippen LogP contribution in [-0.2, 0) is 13.0 Å². The third kappa shape index (κ3) is 3.11. The van der Waals surface area contributed by atoms with Gasteiger partial charge in [0.2, 0.25) is 5.95 Å². The predicted octanol–water partition coefficient (Wildman–Crippen LogP) is 3.82. The van der Waals surface area contributed by atoms with E-state index in [1.807, 2.05) is 18.5 Å². The van der Waals surface area contributed by atoms with E-state index in [0.29, 0.717) is 0 Å². The van der Waals surface area contributed by atoms with Crippen LogP contribution in [0.4, 0.5) is 5.95 Å². The number of piperazine rings is 1. The summed E-state index contributed by atoms with van der Waals surface area (Å²) in [6.45, 7) is 4.98. The van der Waals surface area contributed by atoms with Crippen LogP contribution in [-0.4, -0.2) is 51.2 Å². The number of rotatable bonds is 4. The number of nitrogens with one attached hydrogen (secondary N) is 1. The van der Waals surface area contributed by atoms with Crippen molar-refractivity contribution >= 4 is 17.3 Å². The van der Waals surface area contributed by atoms with E-state index in [0.717, 1.165) is 50.8 Å². The van der Waals surface area contributed by atoms with Crippen molar-refractivity contribution in [3.8, 4) is 22.5 Å². The van der Waals surface area contributed by atoms with Crippen LogP contribution in [0.25, 0.3) is 22.5 Å². The molecule has 1 saturated heterocycles. The molecule has 0 amide bonds. The molecule has 30 heavy (non-hydrogen) atoms. The lowest BCUT2D eigenvalue weighted by Crippen LogP contribution is -2.46. The fourth-order valence-corrected chi connectivity index (χ4v) is 5.18. The van der Waals surface area contributed by atoms with E-state index in [1.54, 1.807) is 11.3 Å². The highest BCUT2D eigenvalue weighted by atomic mass is 32.1. The van der Waals surface area contributed by atoms with Gasteiger partial charge in [-0.3, -0.25) is 10.00 Å². The van der Waals surface area contributed by atoms with Gasteiger partial charge in [0.15, 0.2) is 0 Å². The Morgan fingerprint density at radius 3 is 2.70 bits per heavy atom. The quantitative estimate of drug-likeness (QED) is 0.484. The standard InChI is InChI=1S/C23H22N6S/c1-5-24-23(25-6-1)29-9-7-28(8-10-29)14-16-2-3-19-18(12-16)13-20-21(26-27-22(19)20)17-4-11-30-15-17/h1-6,11-12,15H,7-10,13-14H2,(H,26,27). The van der Waals surface area contributed by atoms with Gasteiger partial charge >= 0.3 is 0 Å². The molecule has 3 aromatic heterocycles. The van der Waals surface area contributed by atoms with Gasteiger partial charge in [-0.1, -0.05) is 18.2 Å². The molecule has 0 saturated carbocycles. The number of anilines is 1. The van der Waals surface area contributed by atoms with E-state index in [2.05, 4.69) is 65.0 Å². The minimum atomic E-state index is 0.839. The molecule has 0 spiro atoms. The molecule has 6 rings (SSSR count). The number of thiophene rings is 1. The van der Waals surface area contributed by atoms with Crippen LogP contribution < -0.4 is 4.90 Å². The molecule has 1 fully saturated rings. The highest BCUT2D eigenvalue weighted by molar-refractivity contribution is 7.08. The number of H-pyrrole nitrogens is 1. The predicted molar refractivity (Wildman–Crippen MR) is 120 cm³/mol. The Morgan fingerprint density at radius 2 is 1.90 bits per heavy atom. The van der Waals surface area contributed by atoms with E-state index in [9.17, 15) is 0 Å². The number of fused-ring (bicyclic) bond motifs is 3. The summed E-state index contributed by atoms with van der Waals surface area (Å²) in [6, 6.07) is 10.9. The number of aromatic amines is 1. The molecule has 0 bridgehead atoms. The summed E-state index contributed by atoms with van der Waals surface area (Å²) in [6.07, 6.45) is 4.58. The van der Waals surface area contributed by atoms with Crippen LogP contribution in [0.1, 0.15) is 16.7 Å². The van der Waals surface area contributed by atoms with Crippen molar-refractivity contribution in [3.05, 3.63) is 70.2 Å². The molecule has 4 heterocycles. The summed E-state index contributed by atoms with van der Waals surface area (Å²) >= 11 is 1.72. The van der Waals surface area contributed by atoms with E-state index >= 15 is 0 Å². The summed E-state index contributed by atoms with van der Waals surface area (Å²) in [5.74, 6) is 0.839. The lowest BCUT2D eigenvalue weighted by Gasteiger charge is -2.34. The molecule has 0 unspecified atom stereocenters. The first-order chi connectivity index (χ1) is 14.8. The molecular formula is C23H22N6S. The number of hydrogen-bond acceptors (Lipinski definition) is 6. The summed E-state index contributed by atoms with van der Waals surface area (Å²) in [5.41, 5.74) is 8.92. The maximum atomic E-state index is 4.59. The average molecular weight is 415 g/mol. The lowest BCUT2D eigenvalue weighted by molar-refractivity contribution is 0.248. The topological polar surface area (TPSA) is 60.9 Å². The number of benzene rings is 1. The van der Waals surface area contributed by atoms with Crippen LogP contribution in [0, 0.1) is 0 Å². The molecule has 1 aliphatic heterocycles. The lowest BCUT2D eigenvalue weighted by atomic mass is 10.0. The van der Waals surface area contributed by atoms with Crippen molar-refractivity contribution in [2.24, 2.45) is 0 Å². The second kappa shape index (κ2) is 7.34. The zero-order valence-electron chi connectivity index (χ0n) is 16.6. The third-order valence-electron chi connectivity index (χ3n) is 6.08. The first kappa shape index (κ1) is 17.8. The smallest absolute Gasteiger partial charge is 0.225 e. The Labute approximate surface area is 179 Å². The molecule has 1 aliphatic carbocycles. The summed E-state index contributed by atoms with van der Waals surface area (Å²) < 4.78 is 0. The number of nitrogens with zero attached hydrogens (tertiary/aromatic N) is 5. The Hall–Kier alpha value is -3.03. The highest BCUT2D eigenvalue weighted by Gasteiger charge is 2.26. The SMILES string of the molecule is c1cnc(N2CCN(Cc3ccc4c(c3)Cc3c(-c5ccsc5)n[nH]c3-4)CC2)nc1. The van der Waals surface area contributed by atoms with Gasteiger partial charge in [-0.2, -0.15) is 16.4 Å². The van der Waals surface area contributed by atoms with Crippen LogP contribution in [0.3, 0.4) is 0 Å². The average Bonchev–Trinajstić information content (AvgIpc) is 3.52. The first-order valence-corrected chi connectivity index (χ1v) is 11.3. The van der Waals surface area contributed by atoms with Crippen molar-refractivity contribution in [3.63, 3.8) is 0 Å². The molecule has 1 N–H and O–H groups in total. The second-order valence-electron chi connectivity index (χ2n) is 7.92. The molecular weight excluding hydrogens is 392 g/mol. The zero-order chi connectivity index (χ0) is 19.9. The van der Waals surface area contributed by atoms with Crippen LogP contribution >= 0.6 is 11.3 Å².